The Morgan fingerprint density at radius 3 is 2.94 bits per heavy atom. The number of nitrogens with zero attached hydrogens (tertiary/aromatic N) is 1. The number of halogens is 1. The standard InChI is InChI=1S/C14H20BrNOS/c1-10-4-3-5-11(8-10)16(2)9-13(17)14-12(15)6-7-18-14/h6-7,10-11H,3-5,8-9H2,1-2H3. The monoisotopic (exact) mass is 329 g/mol. The molecule has 2 nitrogen and oxygen atoms in total. The van der Waals surface area contributed by atoms with Crippen LogP contribution in [0.5, 0.6) is 0 Å². The molecule has 0 spiro atoms. The van der Waals surface area contributed by atoms with E-state index in [0.717, 1.165) is 15.3 Å². The summed E-state index contributed by atoms with van der Waals surface area (Å²) < 4.78 is 0.933. The molecular formula is C14H20BrNOS. The molecule has 0 N–H and O–H groups in total. The van der Waals surface area contributed by atoms with E-state index in [4.69, 9.17) is 0 Å². The second-order valence-corrected chi connectivity index (χ2v) is 7.13. The molecule has 0 aromatic carbocycles. The third-order valence-corrected chi connectivity index (χ3v) is 5.67. The van der Waals surface area contributed by atoms with Crippen molar-refractivity contribution >= 4 is 33.0 Å². The highest BCUT2D eigenvalue weighted by Crippen LogP contribution is 2.28. The van der Waals surface area contributed by atoms with Crippen molar-refractivity contribution in [3.8, 4) is 0 Å². The molecule has 0 saturated heterocycles. The molecule has 1 aromatic heterocycles. The van der Waals surface area contributed by atoms with Crippen LogP contribution in [0.2, 0.25) is 0 Å². The quantitative estimate of drug-likeness (QED) is 0.771. The average Bonchev–Trinajstić information content (AvgIpc) is 2.75. The average molecular weight is 330 g/mol. The lowest BCUT2D eigenvalue weighted by molar-refractivity contribution is 0.0886. The molecule has 2 atom stereocenters. The molecule has 1 heterocycles. The number of Topliss-reactive ketones (excluding diaryl/α,β-unsaturated/α-hetero) is 1. The van der Waals surface area contributed by atoms with Gasteiger partial charge in [-0.3, -0.25) is 9.69 Å². The zero-order valence-corrected chi connectivity index (χ0v) is 13.4. The molecule has 1 saturated carbocycles. The first kappa shape index (κ1) is 14.2. The van der Waals surface area contributed by atoms with Crippen LogP contribution < -0.4 is 0 Å². The van der Waals surface area contributed by atoms with Crippen molar-refractivity contribution in [3.05, 3.63) is 20.8 Å². The maximum atomic E-state index is 12.2. The highest BCUT2D eigenvalue weighted by Gasteiger charge is 2.24. The Labute approximate surface area is 122 Å². The second kappa shape index (κ2) is 6.31. The SMILES string of the molecule is CC1CCCC(N(C)CC(=O)c2sccc2Br)C1. The minimum atomic E-state index is 0.234. The first-order valence-corrected chi connectivity index (χ1v) is 8.21. The van der Waals surface area contributed by atoms with Crippen LogP contribution in [0.4, 0.5) is 0 Å². The first-order chi connectivity index (χ1) is 8.58. The van der Waals surface area contributed by atoms with Gasteiger partial charge in [0.2, 0.25) is 0 Å². The maximum Gasteiger partial charge on any atom is 0.187 e. The zero-order valence-electron chi connectivity index (χ0n) is 11.0. The van der Waals surface area contributed by atoms with Gasteiger partial charge in [0.1, 0.15) is 0 Å². The number of carbonyl (C=O) groups is 1. The summed E-state index contributed by atoms with van der Waals surface area (Å²) in [5.74, 6) is 1.03. The molecule has 4 heteroatoms. The van der Waals surface area contributed by atoms with Gasteiger partial charge in [0, 0.05) is 10.5 Å². The zero-order chi connectivity index (χ0) is 13.1. The number of ketones is 1. The Bertz CT molecular complexity index is 418. The van der Waals surface area contributed by atoms with Gasteiger partial charge >= 0.3 is 0 Å². The predicted octanol–water partition coefficient (Wildman–Crippen LogP) is 4.20. The van der Waals surface area contributed by atoms with Crippen molar-refractivity contribution in [3.63, 3.8) is 0 Å². The number of thiophene rings is 1. The fourth-order valence-corrected chi connectivity index (χ4v) is 4.25. The van der Waals surface area contributed by atoms with E-state index in [1.54, 1.807) is 0 Å². The molecule has 18 heavy (non-hydrogen) atoms. The van der Waals surface area contributed by atoms with Crippen molar-refractivity contribution in [2.75, 3.05) is 13.6 Å². The van der Waals surface area contributed by atoms with Crippen molar-refractivity contribution in [2.24, 2.45) is 5.92 Å². The van der Waals surface area contributed by atoms with E-state index in [1.165, 1.54) is 37.0 Å². The molecule has 0 bridgehead atoms. The van der Waals surface area contributed by atoms with Gasteiger partial charge in [0.25, 0.3) is 0 Å². The van der Waals surface area contributed by atoms with Crippen molar-refractivity contribution in [1.82, 2.24) is 4.90 Å². The third-order valence-electron chi connectivity index (χ3n) is 3.80. The number of rotatable bonds is 4. The van der Waals surface area contributed by atoms with E-state index in [9.17, 15) is 4.79 Å². The van der Waals surface area contributed by atoms with Crippen molar-refractivity contribution in [2.45, 2.75) is 38.6 Å². The molecule has 1 aliphatic carbocycles. The molecule has 2 unspecified atom stereocenters. The topological polar surface area (TPSA) is 20.3 Å². The van der Waals surface area contributed by atoms with E-state index in [2.05, 4.69) is 34.8 Å². The van der Waals surface area contributed by atoms with Crippen LogP contribution in [0.15, 0.2) is 15.9 Å². The summed E-state index contributed by atoms with van der Waals surface area (Å²) in [5.41, 5.74) is 0. The lowest BCUT2D eigenvalue weighted by Crippen LogP contribution is -2.38. The molecule has 0 aliphatic heterocycles. The van der Waals surface area contributed by atoms with E-state index in [1.807, 2.05) is 11.4 Å². The molecule has 100 valence electrons. The number of hydrogen-bond donors (Lipinski definition) is 0. The minimum absolute atomic E-state index is 0.234. The minimum Gasteiger partial charge on any atom is -0.296 e. The first-order valence-electron chi connectivity index (χ1n) is 6.54. The predicted molar refractivity (Wildman–Crippen MR) is 80.4 cm³/mol. The Kier molecular flexibility index (Phi) is 4.98. The summed E-state index contributed by atoms with van der Waals surface area (Å²) in [7, 11) is 2.09. The number of hydrogen-bond acceptors (Lipinski definition) is 3. The van der Waals surface area contributed by atoms with Gasteiger partial charge in [-0.2, -0.15) is 0 Å². The largest absolute Gasteiger partial charge is 0.296 e. The molecule has 2 rings (SSSR count). The Hall–Kier alpha value is -0.190. The van der Waals surface area contributed by atoms with Crippen LogP contribution in [0, 0.1) is 5.92 Å². The Balaban J connectivity index is 1.93. The summed E-state index contributed by atoms with van der Waals surface area (Å²) in [6, 6.07) is 2.53. The normalized spacial score (nSPS) is 24.4. The van der Waals surface area contributed by atoms with Crippen LogP contribution in [0.25, 0.3) is 0 Å². The summed E-state index contributed by atoms with van der Waals surface area (Å²) in [5, 5.41) is 1.96. The second-order valence-electron chi connectivity index (χ2n) is 5.36. The third kappa shape index (κ3) is 3.43. The van der Waals surface area contributed by atoms with Crippen LogP contribution in [-0.4, -0.2) is 30.3 Å². The highest BCUT2D eigenvalue weighted by molar-refractivity contribution is 9.10. The summed E-state index contributed by atoms with van der Waals surface area (Å²) in [6.45, 7) is 2.86. The fraction of sp³-hybridized carbons (Fsp3) is 0.643. The summed E-state index contributed by atoms with van der Waals surface area (Å²) >= 11 is 4.96. The van der Waals surface area contributed by atoms with E-state index in [0.29, 0.717) is 12.6 Å². The number of carbonyl (C=O) groups excluding carboxylic acids is 1. The van der Waals surface area contributed by atoms with Crippen molar-refractivity contribution < 1.29 is 4.79 Å². The molecule has 0 amide bonds. The Morgan fingerprint density at radius 2 is 2.33 bits per heavy atom. The van der Waals surface area contributed by atoms with Gasteiger partial charge in [0.15, 0.2) is 5.78 Å². The molecule has 0 radical (unpaired) electrons. The van der Waals surface area contributed by atoms with Crippen LogP contribution in [0.3, 0.4) is 0 Å². The highest BCUT2D eigenvalue weighted by atomic mass is 79.9. The lowest BCUT2D eigenvalue weighted by Gasteiger charge is -2.33. The van der Waals surface area contributed by atoms with Crippen LogP contribution in [-0.2, 0) is 0 Å². The van der Waals surface area contributed by atoms with Crippen LogP contribution in [0.1, 0.15) is 42.3 Å². The van der Waals surface area contributed by atoms with Gasteiger partial charge in [-0.25, -0.2) is 0 Å². The van der Waals surface area contributed by atoms with Gasteiger partial charge in [-0.15, -0.1) is 11.3 Å². The molecule has 1 fully saturated rings. The molecule has 1 aromatic rings. The van der Waals surface area contributed by atoms with Gasteiger partial charge in [-0.1, -0.05) is 19.8 Å². The summed E-state index contributed by atoms with van der Waals surface area (Å²) in [6.07, 6.45) is 5.11. The Morgan fingerprint density at radius 1 is 1.56 bits per heavy atom. The maximum absolute atomic E-state index is 12.2. The van der Waals surface area contributed by atoms with Gasteiger partial charge in [-0.05, 0) is 53.2 Å². The number of likely N-dealkylation sites (N-methyl/N-ethyl adjacent to an activating group) is 1. The van der Waals surface area contributed by atoms with E-state index in [-0.39, 0.29) is 5.78 Å². The van der Waals surface area contributed by atoms with E-state index >= 15 is 0 Å². The van der Waals surface area contributed by atoms with Crippen molar-refractivity contribution in [1.29, 1.82) is 0 Å². The van der Waals surface area contributed by atoms with Gasteiger partial charge < -0.3 is 0 Å². The fourth-order valence-electron chi connectivity index (χ4n) is 2.72. The lowest BCUT2D eigenvalue weighted by atomic mass is 9.86. The molecular weight excluding hydrogens is 310 g/mol. The van der Waals surface area contributed by atoms with E-state index < -0.39 is 0 Å². The van der Waals surface area contributed by atoms with Gasteiger partial charge in [0.05, 0.1) is 11.4 Å². The van der Waals surface area contributed by atoms with Crippen LogP contribution >= 0.6 is 27.3 Å². The smallest absolute Gasteiger partial charge is 0.187 e. The molecule has 1 aliphatic rings. The summed E-state index contributed by atoms with van der Waals surface area (Å²) in [4.78, 5) is 15.3.